The van der Waals surface area contributed by atoms with Crippen molar-refractivity contribution in [1.82, 2.24) is 0 Å². The lowest BCUT2D eigenvalue weighted by Crippen LogP contribution is -2.39. The van der Waals surface area contributed by atoms with E-state index in [1.807, 2.05) is 90.6 Å². The highest BCUT2D eigenvalue weighted by atomic mass is 16.5. The minimum atomic E-state index is -0.490. The molecule has 0 aliphatic rings. The number of nitrogens with zero attached hydrogens (tertiary/aromatic N) is 3. The number of hydrogen-bond donors (Lipinski definition) is 1. The number of anilines is 3. The topological polar surface area (TPSA) is 57.8 Å². The van der Waals surface area contributed by atoms with Crippen LogP contribution in [0, 0.1) is 0 Å². The van der Waals surface area contributed by atoms with Gasteiger partial charge >= 0.3 is 5.97 Å². The standard InChI is InChI=1S/C22H23N4O2/c1-25-16-8-7-11-20(25)21(22(27)28-3)24-26(2)19-14-12-18(13-15-19)23-17-9-5-4-6-10-17/h4-16,23H,1-3H3/q+1. The van der Waals surface area contributed by atoms with Crippen LogP contribution in [0.1, 0.15) is 5.69 Å². The number of aryl methyl sites for hydroxylation is 1. The van der Waals surface area contributed by atoms with Gasteiger partial charge in [0.25, 0.3) is 0 Å². The minimum absolute atomic E-state index is 0.236. The summed E-state index contributed by atoms with van der Waals surface area (Å²) in [5.41, 5.74) is 3.74. The number of aromatic nitrogens is 1. The number of pyridine rings is 1. The monoisotopic (exact) mass is 375 g/mol. The normalized spacial score (nSPS) is 11.0. The van der Waals surface area contributed by atoms with Gasteiger partial charge < -0.3 is 10.1 Å². The maximum Gasteiger partial charge on any atom is 0.365 e. The highest BCUT2D eigenvalue weighted by Crippen LogP contribution is 2.21. The summed E-state index contributed by atoms with van der Waals surface area (Å²) in [7, 11) is 5.01. The van der Waals surface area contributed by atoms with E-state index in [2.05, 4.69) is 10.4 Å². The lowest BCUT2D eigenvalue weighted by atomic mass is 10.2. The fourth-order valence-corrected chi connectivity index (χ4v) is 2.72. The Kier molecular flexibility index (Phi) is 6.01. The molecule has 3 aromatic rings. The Labute approximate surface area is 164 Å². The molecular weight excluding hydrogens is 352 g/mol. The van der Waals surface area contributed by atoms with Crippen LogP contribution in [-0.2, 0) is 16.6 Å². The molecule has 0 radical (unpaired) electrons. The van der Waals surface area contributed by atoms with Gasteiger partial charge in [0.1, 0.15) is 7.05 Å². The number of carbonyl (C=O) groups is 1. The van der Waals surface area contributed by atoms with Gasteiger partial charge in [-0.1, -0.05) is 18.2 Å². The average Bonchev–Trinajstić information content (AvgIpc) is 2.73. The predicted octanol–water partition coefficient (Wildman–Crippen LogP) is 3.27. The number of ether oxygens (including phenoxy) is 1. The molecular formula is C22H23N4O2+. The maximum atomic E-state index is 12.3. The van der Waals surface area contributed by atoms with E-state index in [0.29, 0.717) is 5.69 Å². The summed E-state index contributed by atoms with van der Waals surface area (Å²) in [6.07, 6.45) is 1.86. The first-order valence-corrected chi connectivity index (χ1v) is 8.86. The summed E-state index contributed by atoms with van der Waals surface area (Å²) >= 11 is 0. The Morgan fingerprint density at radius 1 is 0.964 bits per heavy atom. The molecule has 0 saturated carbocycles. The van der Waals surface area contributed by atoms with Gasteiger partial charge in [0.15, 0.2) is 6.20 Å². The number of carbonyl (C=O) groups excluding carboxylic acids is 1. The van der Waals surface area contributed by atoms with Crippen molar-refractivity contribution in [2.24, 2.45) is 12.1 Å². The lowest BCUT2D eigenvalue weighted by molar-refractivity contribution is -0.672. The zero-order valence-corrected chi connectivity index (χ0v) is 16.2. The van der Waals surface area contributed by atoms with Crippen molar-refractivity contribution in [3.05, 3.63) is 84.7 Å². The van der Waals surface area contributed by atoms with Crippen LogP contribution < -0.4 is 14.9 Å². The maximum absolute atomic E-state index is 12.3. The van der Waals surface area contributed by atoms with Crippen molar-refractivity contribution in [3.63, 3.8) is 0 Å². The van der Waals surface area contributed by atoms with E-state index in [4.69, 9.17) is 4.74 Å². The SMILES string of the molecule is COC(=O)C(=NN(C)c1ccc(Nc2ccccc2)cc1)c1cccc[n+]1C. The zero-order chi connectivity index (χ0) is 19.9. The van der Waals surface area contributed by atoms with E-state index in [-0.39, 0.29) is 5.71 Å². The molecule has 0 fully saturated rings. The number of nitrogens with one attached hydrogen (secondary N) is 1. The van der Waals surface area contributed by atoms with Crippen LogP contribution >= 0.6 is 0 Å². The first kappa shape index (κ1) is 19.1. The van der Waals surface area contributed by atoms with E-state index in [1.54, 1.807) is 12.1 Å². The fraction of sp³-hybridized carbons (Fsp3) is 0.136. The van der Waals surface area contributed by atoms with Crippen molar-refractivity contribution in [2.45, 2.75) is 0 Å². The van der Waals surface area contributed by atoms with Gasteiger partial charge in [-0.25, -0.2) is 4.79 Å². The van der Waals surface area contributed by atoms with Crippen LogP contribution in [0.25, 0.3) is 0 Å². The van der Waals surface area contributed by atoms with E-state index >= 15 is 0 Å². The molecule has 28 heavy (non-hydrogen) atoms. The first-order chi connectivity index (χ1) is 13.6. The molecule has 6 nitrogen and oxygen atoms in total. The number of hydrogen-bond acceptors (Lipinski definition) is 5. The summed E-state index contributed by atoms with van der Waals surface area (Å²) in [6, 6.07) is 23.3. The molecule has 1 heterocycles. The van der Waals surface area contributed by atoms with Crippen LogP contribution in [0.3, 0.4) is 0 Å². The number of methoxy groups -OCH3 is 1. The van der Waals surface area contributed by atoms with Crippen LogP contribution in [0.15, 0.2) is 84.1 Å². The second-order valence-corrected chi connectivity index (χ2v) is 6.20. The Hall–Kier alpha value is -3.67. The molecule has 0 saturated heterocycles. The molecule has 142 valence electrons. The highest BCUT2D eigenvalue weighted by molar-refractivity contribution is 6.42. The van der Waals surface area contributed by atoms with Crippen LogP contribution in [0.5, 0.6) is 0 Å². The molecule has 0 spiro atoms. The second kappa shape index (κ2) is 8.81. The Balaban J connectivity index is 1.84. The molecule has 1 N–H and O–H groups in total. The van der Waals surface area contributed by atoms with Gasteiger partial charge in [-0.15, -0.1) is 0 Å². The number of benzene rings is 2. The van der Waals surface area contributed by atoms with Gasteiger partial charge in [-0.3, -0.25) is 5.01 Å². The number of hydrazone groups is 1. The molecule has 2 aromatic carbocycles. The van der Waals surface area contributed by atoms with Crippen LogP contribution in [0.2, 0.25) is 0 Å². The molecule has 0 aliphatic carbocycles. The summed E-state index contributed by atoms with van der Waals surface area (Å²) in [5, 5.41) is 9.49. The first-order valence-electron chi connectivity index (χ1n) is 8.86. The summed E-state index contributed by atoms with van der Waals surface area (Å²) in [4.78, 5) is 12.3. The number of para-hydroxylation sites is 1. The molecule has 0 bridgehead atoms. The van der Waals surface area contributed by atoms with E-state index < -0.39 is 5.97 Å². The molecule has 3 rings (SSSR count). The summed E-state index contributed by atoms with van der Waals surface area (Å²) in [5.74, 6) is -0.490. The molecule has 0 amide bonds. The van der Waals surface area contributed by atoms with Crippen molar-refractivity contribution < 1.29 is 14.1 Å². The van der Waals surface area contributed by atoms with Crippen molar-refractivity contribution in [1.29, 1.82) is 0 Å². The highest BCUT2D eigenvalue weighted by Gasteiger charge is 2.24. The van der Waals surface area contributed by atoms with Crippen LogP contribution in [0.4, 0.5) is 17.1 Å². The van der Waals surface area contributed by atoms with Gasteiger partial charge in [0, 0.05) is 30.6 Å². The quantitative estimate of drug-likeness (QED) is 0.311. The Morgan fingerprint density at radius 3 is 2.25 bits per heavy atom. The summed E-state index contributed by atoms with van der Waals surface area (Å²) in [6.45, 7) is 0. The third-order valence-corrected chi connectivity index (χ3v) is 4.23. The van der Waals surface area contributed by atoms with Crippen molar-refractivity contribution >= 4 is 28.7 Å². The zero-order valence-electron chi connectivity index (χ0n) is 16.2. The predicted molar refractivity (Wildman–Crippen MR) is 111 cm³/mol. The molecule has 0 unspecified atom stereocenters. The molecule has 6 heteroatoms. The summed E-state index contributed by atoms with van der Waals surface area (Å²) < 4.78 is 6.75. The smallest absolute Gasteiger partial charge is 0.365 e. The van der Waals surface area contributed by atoms with Gasteiger partial charge in [0.2, 0.25) is 11.4 Å². The largest absolute Gasteiger partial charge is 0.464 e. The van der Waals surface area contributed by atoms with E-state index in [1.165, 1.54) is 7.11 Å². The van der Waals surface area contributed by atoms with E-state index in [0.717, 1.165) is 17.1 Å². The van der Waals surface area contributed by atoms with Crippen molar-refractivity contribution in [3.8, 4) is 0 Å². The number of esters is 1. The number of rotatable bonds is 6. The van der Waals surface area contributed by atoms with E-state index in [9.17, 15) is 4.79 Å². The van der Waals surface area contributed by atoms with Gasteiger partial charge in [-0.2, -0.15) is 9.67 Å². The Morgan fingerprint density at radius 2 is 1.61 bits per heavy atom. The molecule has 0 atom stereocenters. The fourth-order valence-electron chi connectivity index (χ4n) is 2.72. The van der Waals surface area contributed by atoms with Gasteiger partial charge in [0.05, 0.1) is 12.8 Å². The minimum Gasteiger partial charge on any atom is -0.464 e. The Bertz CT molecular complexity index is 969. The van der Waals surface area contributed by atoms with Crippen LogP contribution in [-0.4, -0.2) is 25.8 Å². The molecule has 1 aromatic heterocycles. The van der Waals surface area contributed by atoms with Gasteiger partial charge in [-0.05, 0) is 42.5 Å². The third kappa shape index (κ3) is 4.54. The second-order valence-electron chi connectivity index (χ2n) is 6.20. The van der Waals surface area contributed by atoms with Crippen molar-refractivity contribution in [2.75, 3.05) is 24.5 Å². The third-order valence-electron chi connectivity index (χ3n) is 4.23. The lowest BCUT2D eigenvalue weighted by Gasteiger charge is -2.15. The molecule has 0 aliphatic heterocycles. The average molecular weight is 375 g/mol.